The summed E-state index contributed by atoms with van der Waals surface area (Å²) in [7, 11) is 3.46. The molecule has 0 aliphatic carbocycles. The monoisotopic (exact) mass is 440 g/mol. The summed E-state index contributed by atoms with van der Waals surface area (Å²) in [5, 5.41) is 1.73. The molecule has 7 nitrogen and oxygen atoms in total. The van der Waals surface area contributed by atoms with Gasteiger partial charge >= 0.3 is 0 Å². The summed E-state index contributed by atoms with van der Waals surface area (Å²) in [6.45, 7) is 1.26. The molecule has 0 unspecified atom stereocenters. The van der Waals surface area contributed by atoms with Crippen molar-refractivity contribution in [3.05, 3.63) is 83.7 Å². The Morgan fingerprint density at radius 3 is 2.73 bits per heavy atom. The molecule has 0 radical (unpaired) electrons. The lowest BCUT2D eigenvalue weighted by Gasteiger charge is -2.33. The number of amides is 2. The highest BCUT2D eigenvalue weighted by Gasteiger charge is 2.28. The number of hydrogen-bond donors (Lipinski definition) is 0. The third kappa shape index (κ3) is 4.03. The van der Waals surface area contributed by atoms with E-state index in [-0.39, 0.29) is 11.8 Å². The molecule has 166 valence electrons. The van der Waals surface area contributed by atoms with Crippen LogP contribution in [0.5, 0.6) is 0 Å². The summed E-state index contributed by atoms with van der Waals surface area (Å²) in [5.74, 6) is -0.150. The fourth-order valence-electron chi connectivity index (χ4n) is 4.18. The van der Waals surface area contributed by atoms with Crippen molar-refractivity contribution < 1.29 is 14.3 Å². The SMILES string of the molecule is CN(C)C(=O)c1cc([C@H]2CN(C(=O)c3ccc4ncccc4c3)CCO2)nc2ccccc12. The lowest BCUT2D eigenvalue weighted by molar-refractivity contribution is -0.0246. The van der Waals surface area contributed by atoms with Gasteiger partial charge in [-0.15, -0.1) is 0 Å². The number of rotatable bonds is 3. The smallest absolute Gasteiger partial charge is 0.254 e. The van der Waals surface area contributed by atoms with Gasteiger partial charge in [0.25, 0.3) is 11.8 Å². The minimum Gasteiger partial charge on any atom is -0.368 e. The molecule has 0 N–H and O–H groups in total. The molecule has 0 bridgehead atoms. The van der Waals surface area contributed by atoms with Gasteiger partial charge in [0, 0.05) is 43.2 Å². The van der Waals surface area contributed by atoms with Crippen molar-refractivity contribution >= 4 is 33.6 Å². The molecule has 3 heterocycles. The van der Waals surface area contributed by atoms with Crippen LogP contribution in [0.4, 0.5) is 0 Å². The highest BCUT2D eigenvalue weighted by molar-refractivity contribution is 6.06. The van der Waals surface area contributed by atoms with Crippen LogP contribution in [0, 0.1) is 0 Å². The second-order valence-electron chi connectivity index (χ2n) is 8.33. The molecule has 0 saturated carbocycles. The van der Waals surface area contributed by atoms with Crippen molar-refractivity contribution in [3.8, 4) is 0 Å². The maximum absolute atomic E-state index is 13.3. The Labute approximate surface area is 191 Å². The molecule has 5 rings (SSSR count). The summed E-state index contributed by atoms with van der Waals surface area (Å²) in [4.78, 5) is 38.5. The normalized spacial score (nSPS) is 16.2. The van der Waals surface area contributed by atoms with Crippen LogP contribution in [0.15, 0.2) is 66.9 Å². The average molecular weight is 441 g/mol. The van der Waals surface area contributed by atoms with Crippen molar-refractivity contribution in [2.24, 2.45) is 0 Å². The Balaban J connectivity index is 1.45. The summed E-state index contributed by atoms with van der Waals surface area (Å²) in [5.41, 5.74) is 3.43. The second kappa shape index (κ2) is 8.60. The number of morpholine rings is 1. The number of fused-ring (bicyclic) bond motifs is 2. The molecule has 2 aromatic carbocycles. The van der Waals surface area contributed by atoms with Crippen molar-refractivity contribution in [3.63, 3.8) is 0 Å². The van der Waals surface area contributed by atoms with E-state index in [1.54, 1.807) is 36.2 Å². The van der Waals surface area contributed by atoms with Gasteiger partial charge in [0.2, 0.25) is 0 Å². The Morgan fingerprint density at radius 1 is 1.03 bits per heavy atom. The number of aromatic nitrogens is 2. The zero-order valence-corrected chi connectivity index (χ0v) is 18.6. The molecule has 33 heavy (non-hydrogen) atoms. The van der Waals surface area contributed by atoms with E-state index in [4.69, 9.17) is 9.72 Å². The number of pyridine rings is 2. The van der Waals surface area contributed by atoms with Crippen LogP contribution in [0.3, 0.4) is 0 Å². The number of carbonyl (C=O) groups excluding carboxylic acids is 2. The van der Waals surface area contributed by atoms with Crippen molar-refractivity contribution in [1.82, 2.24) is 19.8 Å². The topological polar surface area (TPSA) is 75.6 Å². The third-order valence-electron chi connectivity index (χ3n) is 5.91. The molecule has 7 heteroatoms. The van der Waals surface area contributed by atoms with Crippen LogP contribution in [0.1, 0.15) is 32.5 Å². The number of nitrogens with zero attached hydrogens (tertiary/aromatic N) is 4. The van der Waals surface area contributed by atoms with Gasteiger partial charge in [-0.1, -0.05) is 24.3 Å². The molecule has 2 aromatic heterocycles. The van der Waals surface area contributed by atoms with Crippen molar-refractivity contribution in [1.29, 1.82) is 0 Å². The van der Waals surface area contributed by atoms with E-state index in [0.29, 0.717) is 36.5 Å². The first-order valence-electron chi connectivity index (χ1n) is 10.9. The lowest BCUT2D eigenvalue weighted by atomic mass is 10.0. The molecule has 0 spiro atoms. The quantitative estimate of drug-likeness (QED) is 0.486. The van der Waals surface area contributed by atoms with Crippen LogP contribution in [-0.2, 0) is 4.74 Å². The summed E-state index contributed by atoms with van der Waals surface area (Å²) >= 11 is 0. The van der Waals surface area contributed by atoms with Crippen LogP contribution in [0.25, 0.3) is 21.8 Å². The van der Waals surface area contributed by atoms with Gasteiger partial charge in [-0.2, -0.15) is 0 Å². The molecular formula is C26H24N4O3. The summed E-state index contributed by atoms with van der Waals surface area (Å²) < 4.78 is 6.00. The summed E-state index contributed by atoms with van der Waals surface area (Å²) in [6, 6.07) is 18.7. The van der Waals surface area contributed by atoms with E-state index in [1.165, 1.54) is 0 Å². The predicted molar refractivity (Wildman–Crippen MR) is 126 cm³/mol. The van der Waals surface area contributed by atoms with Crippen molar-refractivity contribution in [2.45, 2.75) is 6.10 Å². The van der Waals surface area contributed by atoms with Crippen LogP contribution >= 0.6 is 0 Å². The van der Waals surface area contributed by atoms with E-state index < -0.39 is 6.10 Å². The number of benzene rings is 2. The van der Waals surface area contributed by atoms with Gasteiger partial charge in [-0.3, -0.25) is 14.6 Å². The lowest BCUT2D eigenvalue weighted by Crippen LogP contribution is -2.42. The fourth-order valence-corrected chi connectivity index (χ4v) is 4.18. The highest BCUT2D eigenvalue weighted by Crippen LogP contribution is 2.27. The molecule has 1 aliphatic rings. The van der Waals surface area contributed by atoms with E-state index >= 15 is 0 Å². The maximum Gasteiger partial charge on any atom is 0.254 e. The van der Waals surface area contributed by atoms with Gasteiger partial charge in [0.1, 0.15) is 6.10 Å². The van der Waals surface area contributed by atoms with Crippen LogP contribution in [0.2, 0.25) is 0 Å². The standard InChI is InChI=1S/C26H24N4O3/c1-29(2)26(32)20-15-23(28-22-8-4-3-7-19(20)22)24-16-30(12-13-33-24)25(31)18-9-10-21-17(14-18)6-5-11-27-21/h3-11,14-15,24H,12-13,16H2,1-2H3/t24-/m1/s1. The minimum absolute atomic E-state index is 0.0561. The maximum atomic E-state index is 13.3. The van der Waals surface area contributed by atoms with Crippen molar-refractivity contribution in [2.75, 3.05) is 33.8 Å². The first kappa shape index (κ1) is 21.0. The largest absolute Gasteiger partial charge is 0.368 e. The third-order valence-corrected chi connectivity index (χ3v) is 5.91. The molecule has 1 aliphatic heterocycles. The molecule has 1 atom stereocenters. The average Bonchev–Trinajstić information content (AvgIpc) is 2.86. The van der Waals surface area contributed by atoms with Gasteiger partial charge < -0.3 is 14.5 Å². The Kier molecular flexibility index (Phi) is 5.48. The van der Waals surface area contributed by atoms with Gasteiger partial charge in [-0.05, 0) is 36.4 Å². The Morgan fingerprint density at radius 2 is 1.88 bits per heavy atom. The van der Waals surface area contributed by atoms with Crippen LogP contribution < -0.4 is 0 Å². The molecule has 2 amide bonds. The fraction of sp³-hybridized carbons (Fsp3) is 0.231. The van der Waals surface area contributed by atoms with Crippen LogP contribution in [-0.4, -0.2) is 65.4 Å². The minimum atomic E-state index is -0.414. The van der Waals surface area contributed by atoms with E-state index in [9.17, 15) is 9.59 Å². The molecule has 1 saturated heterocycles. The predicted octanol–water partition coefficient (Wildman–Crippen LogP) is 3.70. The van der Waals surface area contributed by atoms with Gasteiger partial charge in [-0.25, -0.2) is 4.98 Å². The number of ether oxygens (including phenoxy) is 1. The summed E-state index contributed by atoms with van der Waals surface area (Å²) in [6.07, 6.45) is 1.32. The zero-order chi connectivity index (χ0) is 22.9. The number of para-hydroxylation sites is 1. The molecule has 4 aromatic rings. The number of carbonyl (C=O) groups is 2. The van der Waals surface area contributed by atoms with E-state index in [1.807, 2.05) is 54.6 Å². The molecular weight excluding hydrogens is 416 g/mol. The second-order valence-corrected chi connectivity index (χ2v) is 8.33. The Hall–Kier alpha value is -3.84. The first-order valence-corrected chi connectivity index (χ1v) is 10.9. The molecule has 1 fully saturated rings. The highest BCUT2D eigenvalue weighted by atomic mass is 16.5. The number of hydrogen-bond acceptors (Lipinski definition) is 5. The van der Waals surface area contributed by atoms with Gasteiger partial charge in [0.05, 0.1) is 35.4 Å². The van der Waals surface area contributed by atoms with E-state index in [0.717, 1.165) is 21.8 Å². The first-order chi connectivity index (χ1) is 16.0. The Bertz CT molecular complexity index is 1370. The zero-order valence-electron chi connectivity index (χ0n) is 18.6. The van der Waals surface area contributed by atoms with E-state index in [2.05, 4.69) is 4.98 Å². The van der Waals surface area contributed by atoms with Gasteiger partial charge in [0.15, 0.2) is 0 Å².